The van der Waals surface area contributed by atoms with E-state index in [1.165, 1.54) is 0 Å². The number of hydrogen-bond donors (Lipinski definition) is 0. The SMILES string of the molecule is [Al].[Si].[Si].[Zn]. The van der Waals surface area contributed by atoms with Crippen molar-refractivity contribution >= 4 is 39.3 Å². The van der Waals surface area contributed by atoms with Crippen molar-refractivity contribution in [3.63, 3.8) is 0 Å². The van der Waals surface area contributed by atoms with E-state index in [4.69, 9.17) is 0 Å². The molecule has 0 N–H and O–H groups in total. The Morgan fingerprint density at radius 1 is 0.750 bits per heavy atom. The summed E-state index contributed by atoms with van der Waals surface area (Å²) >= 11 is 0. The summed E-state index contributed by atoms with van der Waals surface area (Å²) in [4.78, 5) is 0. The Balaban J connectivity index is 0. The molecule has 0 atom stereocenters. The fourth-order valence-electron chi connectivity index (χ4n) is 0. The second kappa shape index (κ2) is 23.4. The van der Waals surface area contributed by atoms with Gasteiger partial charge in [0.05, 0.1) is 0 Å². The molecule has 0 bridgehead atoms. The molecule has 4 heavy (non-hydrogen) atoms. The molecule has 11 radical (unpaired) electrons. The van der Waals surface area contributed by atoms with Crippen LogP contribution in [0.2, 0.25) is 0 Å². The van der Waals surface area contributed by atoms with E-state index in [0.717, 1.165) is 0 Å². The Bertz CT molecular complexity index is 6.00. The fraction of sp³-hybridized carbons (Fsp3) is 0. The fourth-order valence-corrected chi connectivity index (χ4v) is 0. The van der Waals surface area contributed by atoms with E-state index in [1.807, 2.05) is 0 Å². The van der Waals surface area contributed by atoms with Crippen LogP contribution in [0, 0.1) is 0 Å². The first-order chi connectivity index (χ1) is 0. The molecule has 0 aromatic carbocycles. The molecule has 0 saturated carbocycles. The summed E-state index contributed by atoms with van der Waals surface area (Å²) in [5.41, 5.74) is 0. The smallest absolute Gasteiger partial charge is 0 e. The Morgan fingerprint density at radius 2 is 0.750 bits per heavy atom. The van der Waals surface area contributed by atoms with Crippen molar-refractivity contribution in [2.24, 2.45) is 0 Å². The van der Waals surface area contributed by atoms with Crippen LogP contribution in [0.1, 0.15) is 0 Å². The quantitative estimate of drug-likeness (QED) is 0.381. The minimum Gasteiger partial charge on any atom is 0 e. The van der Waals surface area contributed by atoms with Crippen molar-refractivity contribution in [1.29, 1.82) is 0 Å². The Labute approximate surface area is 58.7 Å². The van der Waals surface area contributed by atoms with Gasteiger partial charge in [-0.05, 0) is 0 Å². The maximum atomic E-state index is 0. The molecule has 0 amide bonds. The van der Waals surface area contributed by atoms with Crippen LogP contribution in [0.5, 0.6) is 0 Å². The van der Waals surface area contributed by atoms with Gasteiger partial charge in [0.15, 0.2) is 0 Å². The third-order valence-electron chi connectivity index (χ3n) is 0. The summed E-state index contributed by atoms with van der Waals surface area (Å²) in [7, 11) is 0. The molecule has 0 spiro atoms. The third-order valence-corrected chi connectivity index (χ3v) is 0. The van der Waals surface area contributed by atoms with E-state index in [0.29, 0.717) is 0 Å². The van der Waals surface area contributed by atoms with Gasteiger partial charge in [-0.2, -0.15) is 0 Å². The van der Waals surface area contributed by atoms with Gasteiger partial charge in [0, 0.05) is 58.8 Å². The minimum atomic E-state index is 0. The van der Waals surface area contributed by atoms with Crippen LogP contribution in [0.3, 0.4) is 0 Å². The van der Waals surface area contributed by atoms with E-state index in [1.54, 1.807) is 0 Å². The van der Waals surface area contributed by atoms with E-state index in [2.05, 4.69) is 0 Å². The summed E-state index contributed by atoms with van der Waals surface area (Å²) in [5, 5.41) is 0. The van der Waals surface area contributed by atoms with Crippen molar-refractivity contribution in [2.75, 3.05) is 0 Å². The summed E-state index contributed by atoms with van der Waals surface area (Å²) in [6.07, 6.45) is 0. The zero-order valence-corrected chi connectivity index (χ0v) is 8.41. The van der Waals surface area contributed by atoms with E-state index < -0.39 is 0 Å². The molecule has 0 fully saturated rings. The van der Waals surface area contributed by atoms with E-state index >= 15 is 0 Å². The van der Waals surface area contributed by atoms with Gasteiger partial charge >= 0.3 is 0 Å². The molecule has 0 rings (SSSR count). The molecule has 0 nitrogen and oxygen atoms in total. The predicted molar refractivity (Wildman–Crippen MR) is 17.3 cm³/mol. The minimum absolute atomic E-state index is 0. The molecule has 0 heterocycles. The van der Waals surface area contributed by atoms with Gasteiger partial charge in [0.2, 0.25) is 0 Å². The zero-order chi connectivity index (χ0) is 0. The molecule has 13 valence electrons. The topological polar surface area (TPSA) is 0 Å². The van der Waals surface area contributed by atoms with E-state index in [9.17, 15) is 0 Å². The molecule has 0 aliphatic carbocycles. The second-order valence-corrected chi connectivity index (χ2v) is 0. The molecule has 0 aliphatic heterocycles. The van der Waals surface area contributed by atoms with Gasteiger partial charge in [-0.1, -0.05) is 0 Å². The predicted octanol–water partition coefficient (Wildman–Crippen LogP) is -1.14. The van der Waals surface area contributed by atoms with Gasteiger partial charge in [-0.25, -0.2) is 0 Å². The Kier molecular flexibility index (Phi) is 273. The summed E-state index contributed by atoms with van der Waals surface area (Å²) in [5.74, 6) is 0. The Morgan fingerprint density at radius 3 is 0.750 bits per heavy atom. The molecular weight excluding hydrogens is 149 g/mol. The average Bonchev–Trinajstić information content (AvgIpc) is 0. The molecule has 0 aliphatic rings. The summed E-state index contributed by atoms with van der Waals surface area (Å²) in [6.45, 7) is 0. The van der Waals surface area contributed by atoms with Crippen LogP contribution in [0.4, 0.5) is 0 Å². The standard InChI is InChI=1S/Al.2Si.Zn. The molecule has 4 heteroatoms. The van der Waals surface area contributed by atoms with Gasteiger partial charge in [0.25, 0.3) is 0 Å². The van der Waals surface area contributed by atoms with Crippen molar-refractivity contribution in [3.05, 3.63) is 0 Å². The number of rotatable bonds is 0. The first-order valence-electron chi connectivity index (χ1n) is 0. The zero-order valence-electron chi connectivity index (χ0n) is 2.28. The second-order valence-electron chi connectivity index (χ2n) is 0. The Hall–Kier alpha value is 1.59. The molecule has 0 saturated heterocycles. The first-order valence-corrected chi connectivity index (χ1v) is 0. The molecule has 0 aromatic heterocycles. The van der Waals surface area contributed by atoms with Crippen molar-refractivity contribution < 1.29 is 19.5 Å². The summed E-state index contributed by atoms with van der Waals surface area (Å²) in [6, 6.07) is 0. The van der Waals surface area contributed by atoms with Crippen LogP contribution < -0.4 is 0 Å². The van der Waals surface area contributed by atoms with Crippen LogP contribution in [-0.4, -0.2) is 39.3 Å². The molecule has 0 unspecified atom stereocenters. The molecular formula is AlSi2Zn. The van der Waals surface area contributed by atoms with Crippen LogP contribution >= 0.6 is 0 Å². The van der Waals surface area contributed by atoms with Crippen molar-refractivity contribution in [3.8, 4) is 0 Å². The molecule has 0 aromatic rings. The van der Waals surface area contributed by atoms with Gasteiger partial charge in [-0.15, -0.1) is 0 Å². The van der Waals surface area contributed by atoms with Gasteiger partial charge in [0.1, 0.15) is 0 Å². The van der Waals surface area contributed by atoms with Gasteiger partial charge < -0.3 is 0 Å². The maximum Gasteiger partial charge on any atom is 0 e. The van der Waals surface area contributed by atoms with Crippen LogP contribution in [0.25, 0.3) is 0 Å². The monoisotopic (exact) mass is 147 g/mol. The third kappa shape index (κ3) is 9.53. The maximum absolute atomic E-state index is 0. The summed E-state index contributed by atoms with van der Waals surface area (Å²) < 4.78 is 0. The average molecular weight is 149 g/mol. The number of hydrogen-bond acceptors (Lipinski definition) is 0. The van der Waals surface area contributed by atoms with Gasteiger partial charge in [-0.3, -0.25) is 0 Å². The van der Waals surface area contributed by atoms with Crippen molar-refractivity contribution in [1.82, 2.24) is 0 Å². The largest absolute Gasteiger partial charge is 0 e. The van der Waals surface area contributed by atoms with Crippen LogP contribution in [-0.2, 0) is 19.5 Å². The van der Waals surface area contributed by atoms with Crippen LogP contribution in [0.15, 0.2) is 0 Å². The van der Waals surface area contributed by atoms with Crippen molar-refractivity contribution in [2.45, 2.75) is 0 Å². The first kappa shape index (κ1) is 46.6. The van der Waals surface area contributed by atoms with E-state index in [-0.39, 0.29) is 58.8 Å². The normalized spacial score (nSPS) is 0.